The molecule has 1 saturated carbocycles. The fourth-order valence-corrected chi connectivity index (χ4v) is 4.14. The maximum Gasteiger partial charge on any atom is -0.00160 e. The molecule has 0 spiro atoms. The first-order valence-electron chi connectivity index (χ1n) is 5.48. The van der Waals surface area contributed by atoms with Crippen LogP contribution in [0.1, 0.15) is 6.42 Å². The molecule has 1 fully saturated rings. The zero-order valence-electron chi connectivity index (χ0n) is 7.64. The van der Waals surface area contributed by atoms with Crippen molar-refractivity contribution in [1.82, 2.24) is 0 Å². The summed E-state index contributed by atoms with van der Waals surface area (Å²) in [6.07, 6.45) is 16.2. The second-order valence-corrected chi connectivity index (χ2v) is 5.03. The van der Waals surface area contributed by atoms with Gasteiger partial charge in [-0.3, -0.25) is 0 Å². The fourth-order valence-electron chi connectivity index (χ4n) is 4.14. The molecular weight excluding hydrogens is 156 g/mol. The topological polar surface area (TPSA) is 0 Å². The first-order valence-corrected chi connectivity index (χ1v) is 5.48. The second-order valence-electron chi connectivity index (χ2n) is 5.03. The summed E-state index contributed by atoms with van der Waals surface area (Å²) in [6, 6.07) is 0. The molecule has 5 aliphatic carbocycles. The number of hydrogen-bond donors (Lipinski definition) is 0. The third-order valence-electron chi connectivity index (χ3n) is 4.58. The molecule has 0 nitrogen and oxygen atoms in total. The Labute approximate surface area is 79.0 Å². The van der Waals surface area contributed by atoms with Crippen LogP contribution in [-0.4, -0.2) is 0 Å². The van der Waals surface area contributed by atoms with Crippen LogP contribution >= 0.6 is 0 Å². The van der Waals surface area contributed by atoms with Crippen LogP contribution in [0.15, 0.2) is 36.5 Å². The molecule has 13 heavy (non-hydrogen) atoms. The fraction of sp³-hybridized carbons (Fsp3) is 0.538. The van der Waals surface area contributed by atoms with Gasteiger partial charge in [0.05, 0.1) is 0 Å². The third-order valence-corrected chi connectivity index (χ3v) is 4.58. The van der Waals surface area contributed by atoms with E-state index in [1.165, 1.54) is 6.42 Å². The standard InChI is InChI=1S/C13H14/c1-2-9-4-3-8(1)12-10-5-6-11(7-10)13(9)12/h1-6,8-13H,7H2. The highest BCUT2D eigenvalue weighted by molar-refractivity contribution is 5.30. The molecule has 0 amide bonds. The summed E-state index contributed by atoms with van der Waals surface area (Å²) in [5.74, 6) is 5.31. The molecule has 4 atom stereocenters. The van der Waals surface area contributed by atoms with E-state index in [4.69, 9.17) is 0 Å². The number of hydrogen-bond acceptors (Lipinski definition) is 0. The van der Waals surface area contributed by atoms with E-state index in [1.54, 1.807) is 0 Å². The van der Waals surface area contributed by atoms with Crippen LogP contribution in [0.4, 0.5) is 0 Å². The van der Waals surface area contributed by atoms with E-state index in [-0.39, 0.29) is 0 Å². The Kier molecular flexibility index (Phi) is 1.02. The molecule has 0 aliphatic heterocycles. The second kappa shape index (κ2) is 2.00. The van der Waals surface area contributed by atoms with Crippen molar-refractivity contribution in [3.05, 3.63) is 36.5 Å². The van der Waals surface area contributed by atoms with E-state index < -0.39 is 0 Å². The molecule has 0 N–H and O–H groups in total. The van der Waals surface area contributed by atoms with Gasteiger partial charge in [0.25, 0.3) is 0 Å². The Bertz CT molecular complexity index is 290. The van der Waals surface area contributed by atoms with E-state index in [0.717, 1.165) is 35.5 Å². The average molecular weight is 170 g/mol. The summed E-state index contributed by atoms with van der Waals surface area (Å²) < 4.78 is 0. The summed E-state index contributed by atoms with van der Waals surface area (Å²) in [5, 5.41) is 0. The summed E-state index contributed by atoms with van der Waals surface area (Å²) in [6.45, 7) is 0. The van der Waals surface area contributed by atoms with Gasteiger partial charge in [-0.2, -0.15) is 0 Å². The molecule has 0 heterocycles. The number of fused-ring (bicyclic) bond motifs is 2. The quantitative estimate of drug-likeness (QED) is 0.490. The molecule has 4 unspecified atom stereocenters. The highest BCUT2D eigenvalue weighted by Gasteiger charge is 2.51. The van der Waals surface area contributed by atoms with E-state index in [1.807, 2.05) is 0 Å². The predicted octanol–water partition coefficient (Wildman–Crippen LogP) is 2.80. The largest absolute Gasteiger partial charge is 0.0848 e. The van der Waals surface area contributed by atoms with Crippen molar-refractivity contribution in [1.29, 1.82) is 0 Å². The minimum absolute atomic E-state index is 0.773. The monoisotopic (exact) mass is 170 g/mol. The molecular formula is C13H14. The lowest BCUT2D eigenvalue weighted by Gasteiger charge is -2.42. The van der Waals surface area contributed by atoms with Gasteiger partial charge in [-0.15, -0.1) is 0 Å². The highest BCUT2D eigenvalue weighted by Crippen LogP contribution is 2.58. The van der Waals surface area contributed by atoms with Gasteiger partial charge in [0, 0.05) is 0 Å². The van der Waals surface area contributed by atoms with Gasteiger partial charge in [0.2, 0.25) is 0 Å². The lowest BCUT2D eigenvalue weighted by Crippen LogP contribution is -2.35. The predicted molar refractivity (Wildman–Crippen MR) is 53.0 cm³/mol. The molecule has 5 rings (SSSR count). The normalized spacial score (nSPS) is 59.1. The maximum atomic E-state index is 2.48. The zero-order valence-corrected chi connectivity index (χ0v) is 7.64. The molecule has 0 aromatic carbocycles. The SMILES string of the molecule is C1=CC2C=CC1C1C3C=CC(C3)C21. The number of rotatable bonds is 0. The van der Waals surface area contributed by atoms with E-state index in [0.29, 0.717) is 0 Å². The van der Waals surface area contributed by atoms with Crippen molar-refractivity contribution in [3.63, 3.8) is 0 Å². The highest BCUT2D eigenvalue weighted by atomic mass is 14.6. The lowest BCUT2D eigenvalue weighted by molar-refractivity contribution is 0.206. The van der Waals surface area contributed by atoms with Crippen molar-refractivity contribution in [2.45, 2.75) is 6.42 Å². The van der Waals surface area contributed by atoms with Crippen molar-refractivity contribution < 1.29 is 0 Å². The van der Waals surface area contributed by atoms with E-state index in [2.05, 4.69) is 36.5 Å². The van der Waals surface area contributed by atoms with Crippen LogP contribution in [0.25, 0.3) is 0 Å². The molecule has 5 aliphatic rings. The van der Waals surface area contributed by atoms with Crippen LogP contribution in [0.2, 0.25) is 0 Å². The van der Waals surface area contributed by atoms with Gasteiger partial charge in [-0.05, 0) is 41.9 Å². The van der Waals surface area contributed by atoms with Crippen molar-refractivity contribution in [2.24, 2.45) is 35.5 Å². The van der Waals surface area contributed by atoms with Gasteiger partial charge in [-0.25, -0.2) is 0 Å². The van der Waals surface area contributed by atoms with Gasteiger partial charge < -0.3 is 0 Å². The third kappa shape index (κ3) is 0.653. The smallest absolute Gasteiger partial charge is 0.00160 e. The summed E-state index contributed by atoms with van der Waals surface area (Å²) in [7, 11) is 0. The van der Waals surface area contributed by atoms with Gasteiger partial charge in [0.1, 0.15) is 0 Å². The Morgan fingerprint density at radius 2 is 1.08 bits per heavy atom. The molecule has 0 aromatic rings. The van der Waals surface area contributed by atoms with Crippen molar-refractivity contribution >= 4 is 0 Å². The molecule has 66 valence electrons. The number of allylic oxidation sites excluding steroid dienone is 6. The Morgan fingerprint density at radius 1 is 0.615 bits per heavy atom. The Hall–Kier alpha value is -0.780. The van der Waals surface area contributed by atoms with Gasteiger partial charge >= 0.3 is 0 Å². The molecule has 0 aromatic heterocycles. The molecule has 4 bridgehead atoms. The van der Waals surface area contributed by atoms with Crippen molar-refractivity contribution in [2.75, 3.05) is 0 Å². The van der Waals surface area contributed by atoms with E-state index >= 15 is 0 Å². The summed E-state index contributed by atoms with van der Waals surface area (Å²) in [5.41, 5.74) is 0. The van der Waals surface area contributed by atoms with Crippen LogP contribution in [0.3, 0.4) is 0 Å². The Balaban J connectivity index is 1.87. The average Bonchev–Trinajstić information content (AvgIpc) is 2.80. The van der Waals surface area contributed by atoms with Crippen LogP contribution in [-0.2, 0) is 0 Å². The lowest BCUT2D eigenvalue weighted by atomic mass is 9.62. The van der Waals surface area contributed by atoms with Gasteiger partial charge in [0.15, 0.2) is 0 Å². The molecule has 0 radical (unpaired) electrons. The Morgan fingerprint density at radius 3 is 1.54 bits per heavy atom. The summed E-state index contributed by atoms with van der Waals surface area (Å²) in [4.78, 5) is 0. The van der Waals surface area contributed by atoms with Crippen LogP contribution < -0.4 is 0 Å². The minimum Gasteiger partial charge on any atom is -0.0848 e. The first kappa shape index (κ1) is 6.64. The summed E-state index contributed by atoms with van der Waals surface area (Å²) >= 11 is 0. The maximum absolute atomic E-state index is 2.48. The molecule has 0 heteroatoms. The van der Waals surface area contributed by atoms with E-state index in [9.17, 15) is 0 Å². The van der Waals surface area contributed by atoms with Crippen LogP contribution in [0.5, 0.6) is 0 Å². The van der Waals surface area contributed by atoms with Crippen LogP contribution in [0, 0.1) is 35.5 Å². The minimum atomic E-state index is 0.773. The first-order chi connectivity index (χ1) is 6.43. The zero-order chi connectivity index (χ0) is 8.41. The molecule has 0 saturated heterocycles. The van der Waals surface area contributed by atoms with Gasteiger partial charge in [-0.1, -0.05) is 36.5 Å². The van der Waals surface area contributed by atoms with Crippen molar-refractivity contribution in [3.8, 4) is 0 Å².